The standard InChI is InChI=1S/C20H13Cl2F3N4O/c21-12-7-4-8-13(22)15(12)14-11(9-26)18(27)30-19-16(14)17(20(23,24)25)28-29(19)10-5-2-1-3-6-10/h1-8,14,16,19H,27H2. The highest BCUT2D eigenvalue weighted by Crippen LogP contribution is 2.51. The number of ether oxygens (including phenoxy) is 1. The minimum atomic E-state index is -4.78. The van der Waals surface area contributed by atoms with E-state index in [9.17, 15) is 18.4 Å². The van der Waals surface area contributed by atoms with E-state index in [1.807, 2.05) is 6.07 Å². The van der Waals surface area contributed by atoms with Crippen molar-refractivity contribution < 1.29 is 17.9 Å². The van der Waals surface area contributed by atoms with Crippen molar-refractivity contribution in [3.05, 3.63) is 75.6 Å². The summed E-state index contributed by atoms with van der Waals surface area (Å²) in [5.41, 5.74) is 5.23. The molecule has 0 bridgehead atoms. The highest BCUT2D eigenvalue weighted by Gasteiger charge is 2.58. The second-order valence-corrected chi connectivity index (χ2v) is 7.51. The average Bonchev–Trinajstić information content (AvgIpc) is 3.08. The lowest BCUT2D eigenvalue weighted by Crippen LogP contribution is -2.46. The van der Waals surface area contributed by atoms with Crippen molar-refractivity contribution in [3.8, 4) is 6.07 Å². The minimum Gasteiger partial charge on any atom is -0.452 e. The molecule has 0 radical (unpaired) electrons. The molecular formula is C20H13Cl2F3N4O. The van der Waals surface area contributed by atoms with Gasteiger partial charge in [-0.15, -0.1) is 0 Å². The molecule has 2 heterocycles. The summed E-state index contributed by atoms with van der Waals surface area (Å²) in [7, 11) is 0. The fourth-order valence-corrected chi connectivity index (χ4v) is 4.42. The maximum absolute atomic E-state index is 14.0. The van der Waals surface area contributed by atoms with Crippen molar-refractivity contribution in [2.24, 2.45) is 16.8 Å². The van der Waals surface area contributed by atoms with Crippen molar-refractivity contribution in [2.75, 3.05) is 5.01 Å². The Morgan fingerprint density at radius 3 is 2.27 bits per heavy atom. The quantitative estimate of drug-likeness (QED) is 0.680. The smallest absolute Gasteiger partial charge is 0.431 e. The molecule has 154 valence electrons. The molecule has 2 aliphatic rings. The number of fused-ring (bicyclic) bond motifs is 1. The summed E-state index contributed by atoms with van der Waals surface area (Å²) in [6, 6.07) is 14.7. The van der Waals surface area contributed by atoms with Gasteiger partial charge >= 0.3 is 6.18 Å². The summed E-state index contributed by atoms with van der Waals surface area (Å²) in [6.45, 7) is 0. The largest absolute Gasteiger partial charge is 0.452 e. The van der Waals surface area contributed by atoms with Crippen LogP contribution in [-0.4, -0.2) is 18.1 Å². The molecule has 0 spiro atoms. The number of alkyl halides is 3. The minimum absolute atomic E-state index is 0.119. The molecule has 2 N–H and O–H groups in total. The van der Waals surface area contributed by atoms with Gasteiger partial charge in [-0.25, -0.2) is 5.01 Å². The Hall–Kier alpha value is -2.89. The Labute approximate surface area is 179 Å². The van der Waals surface area contributed by atoms with Gasteiger partial charge in [-0.1, -0.05) is 47.5 Å². The van der Waals surface area contributed by atoms with Crippen LogP contribution in [0.4, 0.5) is 18.9 Å². The van der Waals surface area contributed by atoms with E-state index in [0.29, 0.717) is 5.69 Å². The Morgan fingerprint density at radius 2 is 1.70 bits per heavy atom. The van der Waals surface area contributed by atoms with Crippen molar-refractivity contribution in [1.82, 2.24) is 0 Å². The molecule has 0 aromatic heterocycles. The Morgan fingerprint density at radius 1 is 1.07 bits per heavy atom. The van der Waals surface area contributed by atoms with Gasteiger partial charge in [0.1, 0.15) is 6.07 Å². The second kappa shape index (κ2) is 7.42. The Balaban J connectivity index is 1.96. The molecule has 3 atom stereocenters. The average molecular weight is 453 g/mol. The molecule has 4 rings (SSSR count). The molecule has 0 saturated heterocycles. The number of benzene rings is 2. The summed E-state index contributed by atoms with van der Waals surface area (Å²) in [5, 5.41) is 14.9. The van der Waals surface area contributed by atoms with Crippen molar-refractivity contribution >= 4 is 34.6 Å². The van der Waals surface area contributed by atoms with Gasteiger partial charge in [0.25, 0.3) is 0 Å². The van der Waals surface area contributed by atoms with Crippen LogP contribution in [0.25, 0.3) is 0 Å². The van der Waals surface area contributed by atoms with E-state index in [1.54, 1.807) is 36.4 Å². The van der Waals surface area contributed by atoms with E-state index >= 15 is 0 Å². The number of hydrogen-bond donors (Lipinski definition) is 1. The van der Waals surface area contributed by atoms with Crippen LogP contribution in [0, 0.1) is 17.2 Å². The predicted molar refractivity (Wildman–Crippen MR) is 107 cm³/mol. The number of hydrazone groups is 1. The van der Waals surface area contributed by atoms with Gasteiger partial charge in [-0.2, -0.15) is 23.5 Å². The molecule has 2 aromatic rings. The number of nitrogens with two attached hydrogens (primary N) is 1. The van der Waals surface area contributed by atoms with Crippen LogP contribution < -0.4 is 10.7 Å². The maximum atomic E-state index is 14.0. The van der Waals surface area contributed by atoms with Crippen LogP contribution in [-0.2, 0) is 4.74 Å². The van der Waals surface area contributed by atoms with Gasteiger partial charge in [0.15, 0.2) is 5.71 Å². The fraction of sp³-hybridized carbons (Fsp3) is 0.200. The summed E-state index contributed by atoms with van der Waals surface area (Å²) in [5.74, 6) is -2.90. The number of halogens is 5. The van der Waals surface area contributed by atoms with E-state index in [0.717, 1.165) is 5.01 Å². The molecule has 0 fully saturated rings. The van der Waals surface area contributed by atoms with Crippen molar-refractivity contribution in [3.63, 3.8) is 0 Å². The monoisotopic (exact) mass is 452 g/mol. The van der Waals surface area contributed by atoms with Gasteiger partial charge in [0.05, 0.1) is 17.2 Å². The first-order chi connectivity index (χ1) is 14.2. The second-order valence-electron chi connectivity index (χ2n) is 6.70. The van der Waals surface area contributed by atoms with Crippen LogP contribution in [0.1, 0.15) is 11.5 Å². The summed E-state index contributed by atoms with van der Waals surface area (Å²) in [4.78, 5) is 0. The third-order valence-electron chi connectivity index (χ3n) is 5.01. The first kappa shape index (κ1) is 20.4. The molecule has 3 unspecified atom stereocenters. The van der Waals surface area contributed by atoms with Crippen LogP contribution in [0.5, 0.6) is 0 Å². The van der Waals surface area contributed by atoms with Gasteiger partial charge in [-0.3, -0.25) is 0 Å². The molecule has 0 amide bonds. The van der Waals surface area contributed by atoms with Crippen molar-refractivity contribution in [1.29, 1.82) is 5.26 Å². The summed E-state index contributed by atoms with van der Waals surface area (Å²) in [6.07, 6.45) is -6.02. The van der Waals surface area contributed by atoms with E-state index < -0.39 is 30.0 Å². The SMILES string of the molecule is N#CC1=C(N)OC2C(C(C(F)(F)F)=NN2c2ccccc2)C1c1c(Cl)cccc1Cl. The van der Waals surface area contributed by atoms with E-state index in [1.165, 1.54) is 12.1 Å². The molecule has 2 aliphatic heterocycles. The van der Waals surface area contributed by atoms with Crippen LogP contribution in [0.15, 0.2) is 65.1 Å². The number of allylic oxidation sites excluding steroid dienone is 1. The first-order valence-corrected chi connectivity index (χ1v) is 9.50. The van der Waals surface area contributed by atoms with Gasteiger partial charge < -0.3 is 10.5 Å². The molecule has 2 aromatic carbocycles. The van der Waals surface area contributed by atoms with E-state index in [-0.39, 0.29) is 27.1 Å². The molecule has 5 nitrogen and oxygen atoms in total. The number of rotatable bonds is 2. The predicted octanol–water partition coefficient (Wildman–Crippen LogP) is 5.18. The highest BCUT2D eigenvalue weighted by atomic mass is 35.5. The van der Waals surface area contributed by atoms with Crippen LogP contribution >= 0.6 is 23.2 Å². The third kappa shape index (κ3) is 3.24. The molecule has 0 saturated carbocycles. The van der Waals surface area contributed by atoms with Gasteiger partial charge in [-0.05, 0) is 29.8 Å². The lowest BCUT2D eigenvalue weighted by Gasteiger charge is -2.38. The zero-order valence-corrected chi connectivity index (χ0v) is 16.6. The summed E-state index contributed by atoms with van der Waals surface area (Å²) < 4.78 is 47.7. The highest BCUT2D eigenvalue weighted by molar-refractivity contribution is 6.36. The van der Waals surface area contributed by atoms with Crippen molar-refractivity contribution in [2.45, 2.75) is 18.3 Å². The number of nitriles is 1. The molecule has 0 aliphatic carbocycles. The van der Waals surface area contributed by atoms with E-state index in [4.69, 9.17) is 33.7 Å². The zero-order chi connectivity index (χ0) is 21.6. The number of anilines is 1. The van der Waals surface area contributed by atoms with Gasteiger partial charge in [0.2, 0.25) is 12.1 Å². The topological polar surface area (TPSA) is 74.6 Å². The molecular weight excluding hydrogens is 440 g/mol. The van der Waals surface area contributed by atoms with Crippen LogP contribution in [0.3, 0.4) is 0 Å². The maximum Gasteiger partial charge on any atom is 0.431 e. The van der Waals surface area contributed by atoms with Crippen LogP contribution in [0.2, 0.25) is 10.0 Å². The summed E-state index contributed by atoms with van der Waals surface area (Å²) >= 11 is 12.6. The number of para-hydroxylation sites is 1. The third-order valence-corrected chi connectivity index (χ3v) is 5.66. The molecule has 30 heavy (non-hydrogen) atoms. The lowest BCUT2D eigenvalue weighted by atomic mass is 9.76. The normalized spacial score (nSPS) is 23.5. The fourth-order valence-electron chi connectivity index (χ4n) is 3.79. The number of hydrogen-bond acceptors (Lipinski definition) is 5. The Bertz CT molecular complexity index is 1080. The molecule has 10 heteroatoms. The first-order valence-electron chi connectivity index (χ1n) is 8.74. The van der Waals surface area contributed by atoms with Gasteiger partial charge in [0, 0.05) is 16.0 Å². The zero-order valence-electron chi connectivity index (χ0n) is 15.1. The Kier molecular flexibility index (Phi) is 5.04. The lowest BCUT2D eigenvalue weighted by molar-refractivity contribution is -0.0658. The van der Waals surface area contributed by atoms with E-state index in [2.05, 4.69) is 5.10 Å². The number of nitrogens with zero attached hydrogens (tertiary/aromatic N) is 3.